The Morgan fingerprint density at radius 1 is 1.45 bits per heavy atom. The van der Waals surface area contributed by atoms with Gasteiger partial charge in [0.25, 0.3) is 5.82 Å². The summed E-state index contributed by atoms with van der Waals surface area (Å²) in [4.78, 5) is 19.6. The summed E-state index contributed by atoms with van der Waals surface area (Å²) in [5.74, 6) is -0.270. The first kappa shape index (κ1) is 12.3. The SMILES string of the molecule is COC(=O)c1ncn(-c2nc3ccccn3c2CO)n1. The van der Waals surface area contributed by atoms with Crippen molar-refractivity contribution in [2.45, 2.75) is 6.61 Å². The number of imidazole rings is 1. The van der Waals surface area contributed by atoms with Crippen LogP contribution >= 0.6 is 0 Å². The van der Waals surface area contributed by atoms with Crippen LogP contribution in [-0.4, -0.2) is 42.3 Å². The number of fused-ring (bicyclic) bond motifs is 1. The number of esters is 1. The van der Waals surface area contributed by atoms with E-state index in [4.69, 9.17) is 0 Å². The summed E-state index contributed by atoms with van der Waals surface area (Å²) in [7, 11) is 1.26. The van der Waals surface area contributed by atoms with Crippen LogP contribution in [0.15, 0.2) is 30.7 Å². The van der Waals surface area contributed by atoms with Crippen molar-refractivity contribution in [2.75, 3.05) is 7.11 Å². The summed E-state index contributed by atoms with van der Waals surface area (Å²) < 4.78 is 7.63. The van der Waals surface area contributed by atoms with E-state index in [-0.39, 0.29) is 12.4 Å². The predicted molar refractivity (Wildman–Crippen MR) is 67.4 cm³/mol. The zero-order valence-corrected chi connectivity index (χ0v) is 10.6. The third kappa shape index (κ3) is 1.82. The largest absolute Gasteiger partial charge is 0.463 e. The summed E-state index contributed by atoms with van der Waals surface area (Å²) in [5, 5.41) is 13.5. The Balaban J connectivity index is 2.14. The number of carbonyl (C=O) groups is 1. The first-order valence-electron chi connectivity index (χ1n) is 5.81. The lowest BCUT2D eigenvalue weighted by molar-refractivity contribution is 0.0587. The van der Waals surface area contributed by atoms with Gasteiger partial charge in [0.2, 0.25) is 0 Å². The van der Waals surface area contributed by atoms with Gasteiger partial charge in [0.1, 0.15) is 12.0 Å². The lowest BCUT2D eigenvalue weighted by Crippen LogP contribution is -2.06. The summed E-state index contributed by atoms with van der Waals surface area (Å²) in [5.41, 5.74) is 1.23. The van der Waals surface area contributed by atoms with E-state index in [9.17, 15) is 9.90 Å². The number of hydrogen-bond acceptors (Lipinski definition) is 6. The third-order valence-electron chi connectivity index (χ3n) is 2.83. The number of aliphatic hydroxyl groups excluding tert-OH is 1. The molecule has 0 fully saturated rings. The van der Waals surface area contributed by atoms with Crippen LogP contribution in [0.2, 0.25) is 0 Å². The van der Waals surface area contributed by atoms with Crippen LogP contribution < -0.4 is 0 Å². The Kier molecular flexibility index (Phi) is 2.92. The highest BCUT2D eigenvalue weighted by atomic mass is 16.5. The maximum absolute atomic E-state index is 11.3. The zero-order valence-electron chi connectivity index (χ0n) is 10.6. The molecule has 0 saturated heterocycles. The second-order valence-corrected chi connectivity index (χ2v) is 3.97. The van der Waals surface area contributed by atoms with Crippen molar-refractivity contribution in [1.82, 2.24) is 24.1 Å². The van der Waals surface area contributed by atoms with E-state index in [2.05, 4.69) is 19.8 Å². The molecule has 0 aliphatic carbocycles. The number of hydrogen-bond donors (Lipinski definition) is 1. The molecule has 8 nitrogen and oxygen atoms in total. The Morgan fingerprint density at radius 2 is 2.30 bits per heavy atom. The molecule has 0 spiro atoms. The van der Waals surface area contributed by atoms with Gasteiger partial charge in [-0.15, -0.1) is 5.10 Å². The molecular formula is C12H11N5O3. The van der Waals surface area contributed by atoms with E-state index < -0.39 is 5.97 Å². The quantitative estimate of drug-likeness (QED) is 0.685. The van der Waals surface area contributed by atoms with Crippen molar-refractivity contribution in [3.05, 3.63) is 42.2 Å². The third-order valence-corrected chi connectivity index (χ3v) is 2.83. The van der Waals surface area contributed by atoms with Crippen LogP contribution in [0.1, 0.15) is 16.3 Å². The molecule has 3 rings (SSSR count). The molecule has 0 unspecified atom stereocenters. The highest BCUT2D eigenvalue weighted by Gasteiger charge is 2.17. The van der Waals surface area contributed by atoms with Crippen molar-refractivity contribution in [3.8, 4) is 5.82 Å². The predicted octanol–water partition coefficient (Wildman–Crippen LogP) is 0.194. The molecular weight excluding hydrogens is 262 g/mol. The number of aromatic nitrogens is 5. The first-order chi connectivity index (χ1) is 9.74. The Morgan fingerprint density at radius 3 is 3.05 bits per heavy atom. The number of carbonyl (C=O) groups excluding carboxylic acids is 1. The minimum Gasteiger partial charge on any atom is -0.463 e. The monoisotopic (exact) mass is 273 g/mol. The highest BCUT2D eigenvalue weighted by Crippen LogP contribution is 2.16. The minimum atomic E-state index is -0.627. The van der Waals surface area contributed by atoms with Crippen LogP contribution in [0.25, 0.3) is 11.5 Å². The summed E-state index contributed by atoms with van der Waals surface area (Å²) in [6, 6.07) is 5.48. The van der Waals surface area contributed by atoms with Gasteiger partial charge < -0.3 is 9.84 Å². The molecule has 0 bridgehead atoms. The molecule has 0 atom stereocenters. The van der Waals surface area contributed by atoms with Gasteiger partial charge in [0.05, 0.1) is 19.4 Å². The standard InChI is InChI=1S/C12H11N5O3/c1-20-12(19)10-13-7-17(15-10)11-8(6-18)16-5-3-2-4-9(16)14-11/h2-5,7,18H,6H2,1H3. The first-order valence-corrected chi connectivity index (χ1v) is 5.81. The van der Waals surface area contributed by atoms with Gasteiger partial charge in [-0.2, -0.15) is 4.68 Å². The van der Waals surface area contributed by atoms with Gasteiger partial charge in [-0.25, -0.2) is 14.8 Å². The number of pyridine rings is 1. The molecule has 0 aliphatic heterocycles. The van der Waals surface area contributed by atoms with Gasteiger partial charge in [-0.3, -0.25) is 4.40 Å². The van der Waals surface area contributed by atoms with Gasteiger partial charge in [0.15, 0.2) is 5.82 Å². The minimum absolute atomic E-state index is 0.0616. The second kappa shape index (κ2) is 4.74. The van der Waals surface area contributed by atoms with E-state index in [0.717, 1.165) is 0 Å². The lowest BCUT2D eigenvalue weighted by atomic mass is 10.4. The molecule has 3 heterocycles. The normalized spacial score (nSPS) is 10.9. The van der Waals surface area contributed by atoms with Crippen molar-refractivity contribution < 1.29 is 14.6 Å². The fourth-order valence-electron chi connectivity index (χ4n) is 1.91. The van der Waals surface area contributed by atoms with E-state index in [1.54, 1.807) is 16.7 Å². The molecule has 1 N–H and O–H groups in total. The molecule has 20 heavy (non-hydrogen) atoms. The lowest BCUT2D eigenvalue weighted by Gasteiger charge is -2.00. The number of nitrogens with zero attached hydrogens (tertiary/aromatic N) is 5. The Bertz CT molecular complexity index is 776. The van der Waals surface area contributed by atoms with E-state index in [1.807, 2.05) is 12.1 Å². The summed E-state index contributed by atoms with van der Waals surface area (Å²) >= 11 is 0. The van der Waals surface area contributed by atoms with Crippen LogP contribution in [0.3, 0.4) is 0 Å². The molecule has 3 aromatic heterocycles. The summed E-state index contributed by atoms with van der Waals surface area (Å²) in [6.07, 6.45) is 3.14. The fourth-order valence-corrected chi connectivity index (χ4v) is 1.91. The molecule has 0 aromatic carbocycles. The average molecular weight is 273 g/mol. The number of ether oxygens (including phenoxy) is 1. The molecule has 0 radical (unpaired) electrons. The van der Waals surface area contributed by atoms with Crippen molar-refractivity contribution in [3.63, 3.8) is 0 Å². The second-order valence-electron chi connectivity index (χ2n) is 3.97. The van der Waals surface area contributed by atoms with Crippen LogP contribution in [-0.2, 0) is 11.3 Å². The van der Waals surface area contributed by atoms with Crippen molar-refractivity contribution in [1.29, 1.82) is 0 Å². The molecule has 0 amide bonds. The van der Waals surface area contributed by atoms with Gasteiger partial charge in [-0.1, -0.05) is 6.07 Å². The maximum atomic E-state index is 11.3. The molecule has 102 valence electrons. The number of rotatable bonds is 3. The van der Waals surface area contributed by atoms with Gasteiger partial charge in [-0.05, 0) is 12.1 Å². The van der Waals surface area contributed by atoms with Gasteiger partial charge in [0, 0.05) is 6.20 Å². The Hall–Kier alpha value is -2.74. The molecule has 8 heteroatoms. The highest BCUT2D eigenvalue weighted by molar-refractivity contribution is 5.84. The topological polar surface area (TPSA) is 94.5 Å². The van der Waals surface area contributed by atoms with Crippen LogP contribution in [0.4, 0.5) is 0 Å². The van der Waals surface area contributed by atoms with E-state index in [0.29, 0.717) is 17.2 Å². The zero-order chi connectivity index (χ0) is 14.1. The summed E-state index contributed by atoms with van der Waals surface area (Å²) in [6.45, 7) is -0.214. The van der Waals surface area contributed by atoms with Crippen LogP contribution in [0, 0.1) is 0 Å². The molecule has 3 aromatic rings. The molecule has 0 saturated carbocycles. The number of aliphatic hydroxyl groups is 1. The molecule has 0 aliphatic rings. The van der Waals surface area contributed by atoms with Crippen LogP contribution in [0.5, 0.6) is 0 Å². The van der Waals surface area contributed by atoms with E-state index >= 15 is 0 Å². The fraction of sp³-hybridized carbons (Fsp3) is 0.167. The van der Waals surface area contributed by atoms with Gasteiger partial charge >= 0.3 is 5.97 Å². The van der Waals surface area contributed by atoms with E-state index in [1.165, 1.54) is 18.1 Å². The average Bonchev–Trinajstić information content (AvgIpc) is 3.10. The van der Waals surface area contributed by atoms with Crippen molar-refractivity contribution in [2.24, 2.45) is 0 Å². The number of methoxy groups -OCH3 is 1. The maximum Gasteiger partial charge on any atom is 0.377 e. The van der Waals surface area contributed by atoms with Crippen molar-refractivity contribution >= 4 is 11.6 Å². The Labute approximate surface area is 113 Å². The smallest absolute Gasteiger partial charge is 0.377 e.